The lowest BCUT2D eigenvalue weighted by Gasteiger charge is -2.45. The molecule has 1 fully saturated rings. The number of nitrogens with zero attached hydrogens (tertiary/aromatic N) is 3. The highest BCUT2D eigenvalue weighted by atomic mass is 32.2. The second-order valence-corrected chi connectivity index (χ2v) is 17.7. The fourth-order valence-electron chi connectivity index (χ4n) is 3.97. The second-order valence-electron chi connectivity index (χ2n) is 11.0. The Hall–Kier alpha value is -1.26. The molecular formula is C22H41N3O5SSi. The van der Waals surface area contributed by atoms with E-state index in [1.807, 2.05) is 4.90 Å². The van der Waals surface area contributed by atoms with Crippen LogP contribution in [-0.4, -0.2) is 56.6 Å². The number of aromatic nitrogens is 2. The summed E-state index contributed by atoms with van der Waals surface area (Å²) >= 11 is 0. The molecule has 1 aromatic rings. The summed E-state index contributed by atoms with van der Waals surface area (Å²) < 4.78 is 36.5. The van der Waals surface area contributed by atoms with E-state index in [9.17, 15) is 13.2 Å². The number of sulfone groups is 1. The minimum absolute atomic E-state index is 0.0931. The van der Waals surface area contributed by atoms with Gasteiger partial charge >= 0.3 is 5.22 Å². The zero-order chi connectivity index (χ0) is 24.3. The van der Waals surface area contributed by atoms with E-state index < -0.39 is 29.5 Å². The molecule has 0 spiro atoms. The molecule has 0 N–H and O–H groups in total. The Balaban J connectivity index is 2.57. The highest BCUT2D eigenvalue weighted by molar-refractivity contribution is 7.90. The van der Waals surface area contributed by atoms with Crippen molar-refractivity contribution in [3.63, 3.8) is 0 Å². The largest absolute Gasteiger partial charge is 0.410 e. The van der Waals surface area contributed by atoms with Gasteiger partial charge in [-0.15, -0.1) is 5.10 Å². The van der Waals surface area contributed by atoms with Crippen LogP contribution < -0.4 is 0 Å². The highest BCUT2D eigenvalue weighted by Crippen LogP contribution is 2.42. The van der Waals surface area contributed by atoms with E-state index in [0.29, 0.717) is 6.42 Å². The van der Waals surface area contributed by atoms with Crippen molar-refractivity contribution in [2.24, 2.45) is 5.92 Å². The molecule has 1 aliphatic carbocycles. The minimum atomic E-state index is -3.65. The van der Waals surface area contributed by atoms with Crippen molar-refractivity contribution in [3.05, 3.63) is 5.89 Å². The first kappa shape index (κ1) is 27.0. The minimum Gasteiger partial charge on any atom is -0.410 e. The average molecular weight is 488 g/mol. The molecule has 2 rings (SSSR count). The smallest absolute Gasteiger partial charge is 0.335 e. The van der Waals surface area contributed by atoms with Gasteiger partial charge in [-0.1, -0.05) is 59.0 Å². The number of amides is 1. The predicted octanol–water partition coefficient (Wildman–Crippen LogP) is 4.74. The molecule has 1 aliphatic rings. The van der Waals surface area contributed by atoms with Gasteiger partial charge in [-0.25, -0.2) is 8.42 Å². The lowest BCUT2D eigenvalue weighted by molar-refractivity contribution is -0.127. The monoisotopic (exact) mass is 487 g/mol. The van der Waals surface area contributed by atoms with Gasteiger partial charge in [-0.3, -0.25) is 4.79 Å². The molecule has 1 saturated carbocycles. The zero-order valence-corrected chi connectivity index (χ0v) is 22.7. The highest BCUT2D eigenvalue weighted by Gasteiger charge is 2.45. The molecule has 0 radical (unpaired) electrons. The van der Waals surface area contributed by atoms with Crippen LogP contribution in [0, 0.1) is 5.92 Å². The van der Waals surface area contributed by atoms with E-state index in [2.05, 4.69) is 57.9 Å². The molecule has 1 aromatic heterocycles. The number of hydrogen-bond donors (Lipinski definition) is 0. The maximum absolute atomic E-state index is 12.4. The first-order chi connectivity index (χ1) is 14.7. The maximum atomic E-state index is 12.4. The summed E-state index contributed by atoms with van der Waals surface area (Å²) in [7, 11) is -5.98. The standard InChI is InChI=1S/C22H41N3O5SSi/c1-16(2)14-18(25(15-26)17-12-10-9-11-13-17)19(30-32(7,8)22(3,4)5)20-23-24-21(29-20)31(6,27)28/h15-19H,9-14H2,1-8H3/t18-,19?/m0/s1. The topological polar surface area (TPSA) is 103 Å². The number of hydrogen-bond acceptors (Lipinski definition) is 7. The molecule has 0 saturated heterocycles. The van der Waals surface area contributed by atoms with Crippen molar-refractivity contribution >= 4 is 24.6 Å². The van der Waals surface area contributed by atoms with E-state index in [-0.39, 0.29) is 28.9 Å². The Morgan fingerprint density at radius 3 is 2.22 bits per heavy atom. The molecule has 0 aromatic carbocycles. The van der Waals surface area contributed by atoms with Gasteiger partial charge in [0.25, 0.3) is 0 Å². The first-order valence-corrected chi connectivity index (χ1v) is 16.4. The van der Waals surface area contributed by atoms with Crippen molar-refractivity contribution in [1.82, 2.24) is 15.1 Å². The SMILES string of the molecule is CC(C)C[C@@H](C(O[Si](C)(C)C(C)(C)C)c1nnc(S(C)(=O)=O)o1)N(C=O)C1CCCCC1. The number of carbonyl (C=O) groups excluding carboxylic acids is 1. The van der Waals surface area contributed by atoms with Gasteiger partial charge in [0.05, 0.1) is 6.04 Å². The van der Waals surface area contributed by atoms with Gasteiger partial charge in [-0.05, 0) is 43.3 Å². The van der Waals surface area contributed by atoms with E-state index in [1.165, 1.54) is 6.42 Å². The molecule has 0 bridgehead atoms. The van der Waals surface area contributed by atoms with E-state index in [4.69, 9.17) is 8.84 Å². The molecule has 0 aliphatic heterocycles. The summed E-state index contributed by atoms with van der Waals surface area (Å²) in [4.78, 5) is 14.3. The third kappa shape index (κ3) is 6.63. The average Bonchev–Trinajstić information content (AvgIpc) is 3.16. The fraction of sp³-hybridized carbons (Fsp3) is 0.864. The van der Waals surface area contributed by atoms with Gasteiger partial charge in [-0.2, -0.15) is 0 Å². The van der Waals surface area contributed by atoms with E-state index in [0.717, 1.165) is 38.3 Å². The van der Waals surface area contributed by atoms with Crippen LogP contribution >= 0.6 is 0 Å². The van der Waals surface area contributed by atoms with Crippen LogP contribution in [0.25, 0.3) is 0 Å². The number of carbonyl (C=O) groups is 1. The van der Waals surface area contributed by atoms with Crippen molar-refractivity contribution in [3.8, 4) is 0 Å². The van der Waals surface area contributed by atoms with E-state index in [1.54, 1.807) is 0 Å². The van der Waals surface area contributed by atoms with Crippen molar-refractivity contribution < 1.29 is 22.1 Å². The Bertz CT molecular complexity index is 857. The third-order valence-electron chi connectivity index (χ3n) is 6.77. The molecule has 1 amide bonds. The fourth-order valence-corrected chi connectivity index (χ4v) is 5.64. The normalized spacial score (nSPS) is 18.5. The molecule has 184 valence electrons. The molecule has 1 heterocycles. The van der Waals surface area contributed by atoms with Crippen LogP contribution in [0.2, 0.25) is 18.1 Å². The van der Waals surface area contributed by atoms with Crippen LogP contribution in [0.15, 0.2) is 9.64 Å². The van der Waals surface area contributed by atoms with Crippen molar-refractivity contribution in [2.75, 3.05) is 6.26 Å². The van der Waals surface area contributed by atoms with Gasteiger partial charge < -0.3 is 13.7 Å². The first-order valence-electron chi connectivity index (χ1n) is 11.6. The Morgan fingerprint density at radius 1 is 1.19 bits per heavy atom. The van der Waals surface area contributed by atoms with Crippen LogP contribution in [0.1, 0.15) is 85.1 Å². The Labute approximate surface area is 194 Å². The molecule has 10 heteroatoms. The lowest BCUT2D eigenvalue weighted by Crippen LogP contribution is -2.51. The van der Waals surface area contributed by atoms with Crippen LogP contribution in [0.3, 0.4) is 0 Å². The summed E-state index contributed by atoms with van der Waals surface area (Å²) in [6, 6.07) is -0.189. The summed E-state index contributed by atoms with van der Waals surface area (Å²) in [6.07, 6.45) is 7.25. The van der Waals surface area contributed by atoms with Crippen molar-refractivity contribution in [1.29, 1.82) is 0 Å². The Kier molecular flexibility index (Phi) is 8.72. The summed E-state index contributed by atoms with van der Waals surface area (Å²) in [5, 5.41) is 7.37. The van der Waals surface area contributed by atoms with E-state index >= 15 is 0 Å². The maximum Gasteiger partial charge on any atom is 0.335 e. The summed E-state index contributed by atoms with van der Waals surface area (Å²) in [5.41, 5.74) is 0. The van der Waals surface area contributed by atoms with Crippen LogP contribution in [-0.2, 0) is 19.1 Å². The molecule has 1 unspecified atom stereocenters. The molecule has 32 heavy (non-hydrogen) atoms. The molecule has 8 nitrogen and oxygen atoms in total. The van der Waals surface area contributed by atoms with Gasteiger partial charge in [0.1, 0.15) is 6.10 Å². The van der Waals surface area contributed by atoms with Gasteiger partial charge in [0, 0.05) is 12.3 Å². The van der Waals surface area contributed by atoms with Crippen LogP contribution in [0.5, 0.6) is 0 Å². The summed E-state index contributed by atoms with van der Waals surface area (Å²) in [6.45, 7) is 14.9. The predicted molar refractivity (Wildman–Crippen MR) is 126 cm³/mol. The lowest BCUT2D eigenvalue weighted by atomic mass is 9.90. The molecule has 2 atom stereocenters. The van der Waals surface area contributed by atoms with Gasteiger partial charge in [0.2, 0.25) is 22.1 Å². The van der Waals surface area contributed by atoms with Crippen molar-refractivity contribution in [2.45, 2.75) is 115 Å². The molecular weight excluding hydrogens is 446 g/mol. The van der Waals surface area contributed by atoms with Gasteiger partial charge in [0.15, 0.2) is 8.32 Å². The number of rotatable bonds is 10. The third-order valence-corrected chi connectivity index (χ3v) is 12.0. The quantitative estimate of drug-likeness (QED) is 0.347. The zero-order valence-electron chi connectivity index (χ0n) is 20.9. The summed E-state index contributed by atoms with van der Waals surface area (Å²) in [5.74, 6) is 0.414. The van der Waals surface area contributed by atoms with Crippen LogP contribution in [0.4, 0.5) is 0 Å². The second kappa shape index (κ2) is 10.3. The Morgan fingerprint density at radius 2 is 1.78 bits per heavy atom.